The Bertz CT molecular complexity index is 565. The van der Waals surface area contributed by atoms with Crippen LogP contribution in [0.2, 0.25) is 5.02 Å². The van der Waals surface area contributed by atoms with E-state index in [4.69, 9.17) is 16.0 Å². The molecular weight excluding hydrogens is 326 g/mol. The molecule has 0 saturated carbocycles. The van der Waals surface area contributed by atoms with Crippen LogP contribution in [0.4, 0.5) is 0 Å². The number of benzene rings is 1. The lowest BCUT2D eigenvalue weighted by Gasteiger charge is -2.19. The Kier molecular flexibility index (Phi) is 4.93. The van der Waals surface area contributed by atoms with Crippen LogP contribution in [-0.2, 0) is 0 Å². The van der Waals surface area contributed by atoms with E-state index in [1.165, 1.54) is 0 Å². The minimum atomic E-state index is 0.224. The van der Waals surface area contributed by atoms with Gasteiger partial charge in [0.25, 0.3) is 0 Å². The number of nitrogens with one attached hydrogen (secondary N) is 1. The highest BCUT2D eigenvalue weighted by Crippen LogP contribution is 2.34. The third kappa shape index (κ3) is 3.33. The van der Waals surface area contributed by atoms with Gasteiger partial charge in [0.15, 0.2) is 5.58 Å². The van der Waals surface area contributed by atoms with Crippen LogP contribution in [0, 0.1) is 5.92 Å². The van der Waals surface area contributed by atoms with E-state index < -0.39 is 0 Å². The zero-order valence-electron chi connectivity index (χ0n) is 11.5. The summed E-state index contributed by atoms with van der Waals surface area (Å²) < 4.78 is 6.93. The van der Waals surface area contributed by atoms with Gasteiger partial charge in [-0.2, -0.15) is 0 Å². The molecule has 1 unspecified atom stereocenters. The molecule has 1 atom stereocenters. The highest BCUT2D eigenvalue weighted by Gasteiger charge is 2.20. The second-order valence-corrected chi connectivity index (χ2v) is 6.45. The maximum Gasteiger partial charge on any atom is 0.153 e. The highest BCUT2D eigenvalue weighted by molar-refractivity contribution is 9.10. The topological polar surface area (TPSA) is 25.2 Å². The average molecular weight is 345 g/mol. The summed E-state index contributed by atoms with van der Waals surface area (Å²) in [6, 6.07) is 6.20. The van der Waals surface area contributed by atoms with Gasteiger partial charge in [-0.1, -0.05) is 48.3 Å². The van der Waals surface area contributed by atoms with Gasteiger partial charge in [-0.05, 0) is 37.1 Å². The van der Waals surface area contributed by atoms with Crippen LogP contribution in [0.25, 0.3) is 11.0 Å². The maximum atomic E-state index is 6.22. The Balaban J connectivity index is 2.40. The lowest BCUT2D eigenvalue weighted by Crippen LogP contribution is -2.25. The van der Waals surface area contributed by atoms with Crippen molar-refractivity contribution in [2.45, 2.75) is 33.2 Å². The minimum Gasteiger partial charge on any atom is -0.458 e. The average Bonchev–Trinajstić information content (AvgIpc) is 2.73. The molecule has 104 valence electrons. The van der Waals surface area contributed by atoms with Crippen molar-refractivity contribution in [1.82, 2.24) is 5.32 Å². The summed E-state index contributed by atoms with van der Waals surface area (Å²) in [4.78, 5) is 0. The normalized spacial score (nSPS) is 13.4. The van der Waals surface area contributed by atoms with E-state index in [0.29, 0.717) is 10.9 Å². The molecule has 0 radical (unpaired) electrons. The lowest BCUT2D eigenvalue weighted by molar-refractivity contribution is 0.351. The number of hydrogen-bond donors (Lipinski definition) is 1. The molecule has 2 aromatic rings. The first-order chi connectivity index (χ1) is 9.02. The molecule has 0 aliphatic heterocycles. The summed E-state index contributed by atoms with van der Waals surface area (Å²) in [5.74, 6) is 1.42. The third-order valence-corrected chi connectivity index (χ3v) is 3.88. The fourth-order valence-corrected chi connectivity index (χ4v) is 3.09. The summed E-state index contributed by atoms with van der Waals surface area (Å²) in [5.41, 5.74) is 0.767. The van der Waals surface area contributed by atoms with E-state index in [1.807, 2.05) is 12.1 Å². The van der Waals surface area contributed by atoms with E-state index >= 15 is 0 Å². The van der Waals surface area contributed by atoms with Gasteiger partial charge < -0.3 is 9.73 Å². The van der Waals surface area contributed by atoms with Crippen LogP contribution < -0.4 is 5.32 Å². The standard InChI is InChI=1S/C15H19BrClNO/c1-4-5-18-14(9(2)3)13-7-10-6-11(16)8-12(17)15(10)19-13/h6-9,14,18H,4-5H2,1-3H3. The molecular formula is C15H19BrClNO. The molecule has 2 rings (SSSR count). The predicted octanol–water partition coefficient (Wildman–Crippen LogP) is 5.55. The minimum absolute atomic E-state index is 0.224. The predicted molar refractivity (Wildman–Crippen MR) is 84.8 cm³/mol. The monoisotopic (exact) mass is 343 g/mol. The smallest absolute Gasteiger partial charge is 0.153 e. The van der Waals surface area contributed by atoms with Gasteiger partial charge in [-0.3, -0.25) is 0 Å². The molecule has 4 heteroatoms. The van der Waals surface area contributed by atoms with Gasteiger partial charge in [0.1, 0.15) is 5.76 Å². The van der Waals surface area contributed by atoms with Gasteiger partial charge >= 0.3 is 0 Å². The van der Waals surface area contributed by atoms with E-state index in [2.05, 4.69) is 48.1 Å². The van der Waals surface area contributed by atoms with Crippen molar-refractivity contribution in [3.8, 4) is 0 Å². The second-order valence-electron chi connectivity index (χ2n) is 5.13. The first-order valence-electron chi connectivity index (χ1n) is 6.64. The van der Waals surface area contributed by atoms with Crippen molar-refractivity contribution in [1.29, 1.82) is 0 Å². The summed E-state index contributed by atoms with van der Waals surface area (Å²) in [6.07, 6.45) is 1.11. The largest absolute Gasteiger partial charge is 0.458 e. The van der Waals surface area contributed by atoms with Gasteiger partial charge in [0, 0.05) is 9.86 Å². The number of halogens is 2. The van der Waals surface area contributed by atoms with Gasteiger partial charge in [0.05, 0.1) is 11.1 Å². The summed E-state index contributed by atoms with van der Waals surface area (Å²) in [7, 11) is 0. The van der Waals surface area contributed by atoms with Crippen molar-refractivity contribution in [3.63, 3.8) is 0 Å². The highest BCUT2D eigenvalue weighted by atomic mass is 79.9. The molecule has 1 N–H and O–H groups in total. The molecule has 0 bridgehead atoms. The quantitative estimate of drug-likeness (QED) is 0.769. The van der Waals surface area contributed by atoms with Crippen molar-refractivity contribution >= 4 is 38.5 Å². The van der Waals surface area contributed by atoms with Crippen LogP contribution in [0.3, 0.4) is 0 Å². The van der Waals surface area contributed by atoms with E-state index in [1.54, 1.807) is 0 Å². The number of hydrogen-bond acceptors (Lipinski definition) is 2. The Labute approximate surface area is 127 Å². The molecule has 0 saturated heterocycles. The maximum absolute atomic E-state index is 6.22. The Morgan fingerprint density at radius 2 is 2.05 bits per heavy atom. The van der Waals surface area contributed by atoms with E-state index in [9.17, 15) is 0 Å². The summed E-state index contributed by atoms with van der Waals surface area (Å²) in [5, 5.41) is 5.22. The summed E-state index contributed by atoms with van der Waals surface area (Å²) in [6.45, 7) is 7.53. The SMILES string of the molecule is CCCNC(c1cc2cc(Br)cc(Cl)c2o1)C(C)C. The van der Waals surface area contributed by atoms with Gasteiger partial charge in [-0.15, -0.1) is 0 Å². The fraction of sp³-hybridized carbons (Fsp3) is 0.467. The number of rotatable bonds is 5. The third-order valence-electron chi connectivity index (χ3n) is 3.14. The Hall–Kier alpha value is -0.510. The lowest BCUT2D eigenvalue weighted by atomic mass is 10.0. The molecule has 0 aliphatic carbocycles. The zero-order valence-corrected chi connectivity index (χ0v) is 13.8. The fourth-order valence-electron chi connectivity index (χ4n) is 2.21. The van der Waals surface area contributed by atoms with Crippen LogP contribution in [0.5, 0.6) is 0 Å². The molecule has 0 aliphatic rings. The molecule has 0 spiro atoms. The number of fused-ring (bicyclic) bond motifs is 1. The number of furan rings is 1. The van der Waals surface area contributed by atoms with Crippen molar-refractivity contribution in [2.75, 3.05) is 6.54 Å². The molecule has 1 heterocycles. The van der Waals surface area contributed by atoms with Crippen molar-refractivity contribution in [3.05, 3.63) is 33.5 Å². The first-order valence-corrected chi connectivity index (χ1v) is 7.82. The van der Waals surface area contributed by atoms with Gasteiger partial charge in [-0.25, -0.2) is 0 Å². The van der Waals surface area contributed by atoms with Crippen LogP contribution in [0.15, 0.2) is 27.1 Å². The molecule has 1 aromatic heterocycles. The molecule has 1 aromatic carbocycles. The summed E-state index contributed by atoms with van der Waals surface area (Å²) >= 11 is 9.68. The van der Waals surface area contributed by atoms with E-state index in [-0.39, 0.29) is 6.04 Å². The van der Waals surface area contributed by atoms with Crippen LogP contribution >= 0.6 is 27.5 Å². The van der Waals surface area contributed by atoms with E-state index in [0.717, 1.165) is 34.2 Å². The molecule has 19 heavy (non-hydrogen) atoms. The van der Waals surface area contributed by atoms with Crippen molar-refractivity contribution in [2.24, 2.45) is 5.92 Å². The second kappa shape index (κ2) is 6.29. The molecule has 2 nitrogen and oxygen atoms in total. The Morgan fingerprint density at radius 3 is 2.68 bits per heavy atom. The molecule has 0 fully saturated rings. The van der Waals surface area contributed by atoms with Crippen molar-refractivity contribution < 1.29 is 4.42 Å². The zero-order chi connectivity index (χ0) is 14.0. The van der Waals surface area contributed by atoms with Crippen LogP contribution in [0.1, 0.15) is 39.0 Å². The molecule has 0 amide bonds. The van der Waals surface area contributed by atoms with Crippen LogP contribution in [-0.4, -0.2) is 6.54 Å². The first kappa shape index (κ1) is 14.9. The Morgan fingerprint density at radius 1 is 1.32 bits per heavy atom. The van der Waals surface area contributed by atoms with Gasteiger partial charge in [0.2, 0.25) is 0 Å².